The van der Waals surface area contributed by atoms with Gasteiger partial charge in [-0.3, -0.25) is 9.69 Å². The summed E-state index contributed by atoms with van der Waals surface area (Å²) in [6.45, 7) is 0.113. The van der Waals surface area contributed by atoms with E-state index >= 15 is 0 Å². The van der Waals surface area contributed by atoms with Crippen molar-refractivity contribution >= 4 is 38.7 Å². The van der Waals surface area contributed by atoms with Crippen LogP contribution < -0.4 is 11.1 Å². The van der Waals surface area contributed by atoms with Crippen molar-refractivity contribution in [2.24, 2.45) is 0 Å². The molecule has 6 nitrogen and oxygen atoms in total. The number of halogens is 1. The third-order valence-electron chi connectivity index (χ3n) is 3.51. The first-order chi connectivity index (χ1) is 9.77. The van der Waals surface area contributed by atoms with Gasteiger partial charge in [-0.25, -0.2) is 8.42 Å². The van der Waals surface area contributed by atoms with Gasteiger partial charge in [0.2, 0.25) is 5.91 Å². The zero-order valence-corrected chi connectivity index (χ0v) is 13.2. The van der Waals surface area contributed by atoms with Crippen molar-refractivity contribution in [3.05, 3.63) is 23.2 Å². The van der Waals surface area contributed by atoms with Crippen molar-refractivity contribution in [1.82, 2.24) is 4.90 Å². The monoisotopic (exact) mass is 331 g/mol. The van der Waals surface area contributed by atoms with E-state index in [-0.39, 0.29) is 30.0 Å². The van der Waals surface area contributed by atoms with Crippen molar-refractivity contribution < 1.29 is 13.2 Å². The second-order valence-electron chi connectivity index (χ2n) is 5.25. The number of nitrogens with one attached hydrogen (secondary N) is 1. The minimum atomic E-state index is -2.95. The summed E-state index contributed by atoms with van der Waals surface area (Å²) in [5.74, 6) is 0.0592. The first kappa shape index (κ1) is 16.1. The van der Waals surface area contributed by atoms with Crippen LogP contribution in [0.15, 0.2) is 18.2 Å². The van der Waals surface area contributed by atoms with Crippen LogP contribution in [0.4, 0.5) is 11.4 Å². The van der Waals surface area contributed by atoms with Gasteiger partial charge in [-0.1, -0.05) is 11.6 Å². The van der Waals surface area contributed by atoms with Crippen molar-refractivity contribution in [2.45, 2.75) is 12.5 Å². The molecule has 1 aliphatic rings. The van der Waals surface area contributed by atoms with Crippen LogP contribution in [0, 0.1) is 0 Å². The van der Waals surface area contributed by atoms with Crippen molar-refractivity contribution in [1.29, 1.82) is 0 Å². The summed E-state index contributed by atoms with van der Waals surface area (Å²) in [6, 6.07) is 4.73. The van der Waals surface area contributed by atoms with Gasteiger partial charge in [-0.2, -0.15) is 0 Å². The number of nitrogens with two attached hydrogens (primary N) is 1. The zero-order chi connectivity index (χ0) is 15.6. The van der Waals surface area contributed by atoms with Crippen molar-refractivity contribution in [3.63, 3.8) is 0 Å². The minimum Gasteiger partial charge on any atom is -0.397 e. The maximum atomic E-state index is 12.0. The summed E-state index contributed by atoms with van der Waals surface area (Å²) in [4.78, 5) is 13.7. The molecule has 1 heterocycles. The highest BCUT2D eigenvalue weighted by Gasteiger charge is 2.31. The van der Waals surface area contributed by atoms with Gasteiger partial charge in [-0.15, -0.1) is 0 Å². The molecule has 0 bridgehead atoms. The summed E-state index contributed by atoms with van der Waals surface area (Å²) in [6.07, 6.45) is 0.565. The zero-order valence-electron chi connectivity index (χ0n) is 11.7. The largest absolute Gasteiger partial charge is 0.397 e. The number of carbonyl (C=O) groups is 1. The number of likely N-dealkylation sites (N-methyl/N-ethyl adjacent to an activating group) is 1. The molecule has 1 amide bonds. The van der Waals surface area contributed by atoms with E-state index in [0.29, 0.717) is 22.8 Å². The lowest BCUT2D eigenvalue weighted by Gasteiger charge is -2.22. The number of nitrogen functional groups attached to an aromatic ring is 1. The molecule has 0 aliphatic carbocycles. The molecular weight excluding hydrogens is 314 g/mol. The van der Waals surface area contributed by atoms with Gasteiger partial charge >= 0.3 is 0 Å². The van der Waals surface area contributed by atoms with E-state index in [0.717, 1.165) is 0 Å². The molecule has 0 saturated carbocycles. The molecule has 1 unspecified atom stereocenters. The normalized spacial score (nSPS) is 20.6. The first-order valence-corrected chi connectivity index (χ1v) is 8.72. The minimum absolute atomic E-state index is 0.108. The molecular formula is C13H18ClN3O3S. The van der Waals surface area contributed by atoms with Crippen molar-refractivity contribution in [2.75, 3.05) is 36.1 Å². The van der Waals surface area contributed by atoms with E-state index in [9.17, 15) is 13.2 Å². The summed E-state index contributed by atoms with van der Waals surface area (Å²) in [5, 5.41) is 3.20. The second-order valence-corrected chi connectivity index (χ2v) is 7.92. The second kappa shape index (κ2) is 6.21. The number of rotatable bonds is 4. The van der Waals surface area contributed by atoms with E-state index in [1.807, 2.05) is 0 Å². The molecule has 1 aromatic rings. The van der Waals surface area contributed by atoms with Crippen LogP contribution in [0.2, 0.25) is 5.02 Å². The Balaban J connectivity index is 1.92. The van der Waals surface area contributed by atoms with Gasteiger partial charge in [0, 0.05) is 11.1 Å². The number of hydrogen-bond donors (Lipinski definition) is 2. The number of carbonyl (C=O) groups excluding carboxylic acids is 1. The average molecular weight is 332 g/mol. The third-order valence-corrected chi connectivity index (χ3v) is 5.50. The van der Waals surface area contributed by atoms with Crippen LogP contribution in [0.3, 0.4) is 0 Å². The summed E-state index contributed by atoms with van der Waals surface area (Å²) < 4.78 is 22.9. The maximum Gasteiger partial charge on any atom is 0.238 e. The van der Waals surface area contributed by atoms with Crippen LogP contribution >= 0.6 is 11.6 Å². The lowest BCUT2D eigenvalue weighted by atomic mass is 10.2. The summed E-state index contributed by atoms with van der Waals surface area (Å²) in [7, 11) is -1.21. The lowest BCUT2D eigenvalue weighted by Crippen LogP contribution is -2.38. The predicted octanol–water partition coefficient (Wildman–Crippen LogP) is 0.980. The molecule has 1 saturated heterocycles. The molecule has 8 heteroatoms. The average Bonchev–Trinajstić information content (AvgIpc) is 2.73. The Hall–Kier alpha value is -1.31. The topological polar surface area (TPSA) is 92.5 Å². The SMILES string of the molecule is CN(CC(=O)Nc1ccc(Cl)cc1N)C1CCS(=O)(=O)C1. The fraction of sp³-hybridized carbons (Fsp3) is 0.462. The fourth-order valence-electron chi connectivity index (χ4n) is 2.32. The van der Waals surface area contributed by atoms with Gasteiger partial charge in [0.05, 0.1) is 29.4 Å². The van der Waals surface area contributed by atoms with Crippen LogP contribution in [0.5, 0.6) is 0 Å². The van der Waals surface area contributed by atoms with Crippen molar-refractivity contribution in [3.8, 4) is 0 Å². The molecule has 1 atom stereocenters. The molecule has 116 valence electrons. The number of hydrogen-bond acceptors (Lipinski definition) is 5. The molecule has 3 N–H and O–H groups in total. The molecule has 1 aliphatic heterocycles. The molecule has 0 aromatic heterocycles. The van der Waals surface area contributed by atoms with Crippen LogP contribution in [0.1, 0.15) is 6.42 Å². The smallest absolute Gasteiger partial charge is 0.238 e. The molecule has 1 fully saturated rings. The summed E-state index contributed by atoms with van der Waals surface area (Å²) >= 11 is 5.79. The Morgan fingerprint density at radius 2 is 2.24 bits per heavy atom. The molecule has 0 radical (unpaired) electrons. The lowest BCUT2D eigenvalue weighted by molar-refractivity contribution is -0.117. The van der Waals surface area contributed by atoms with Gasteiger partial charge in [0.15, 0.2) is 9.84 Å². The third kappa shape index (κ3) is 4.33. The Kier molecular flexibility index (Phi) is 4.75. The van der Waals surface area contributed by atoms with Crippen LogP contribution in [-0.2, 0) is 14.6 Å². The number of anilines is 2. The fourth-order valence-corrected chi connectivity index (χ4v) is 4.30. The van der Waals surface area contributed by atoms with Crippen LogP contribution in [0.25, 0.3) is 0 Å². The van der Waals surface area contributed by atoms with Gasteiger partial charge in [0.1, 0.15) is 0 Å². The molecule has 2 rings (SSSR count). The van der Waals surface area contributed by atoms with Crippen LogP contribution in [-0.4, -0.2) is 50.4 Å². The number of sulfone groups is 1. The highest BCUT2D eigenvalue weighted by Crippen LogP contribution is 2.22. The van der Waals surface area contributed by atoms with Gasteiger partial charge in [0.25, 0.3) is 0 Å². The maximum absolute atomic E-state index is 12.0. The van der Waals surface area contributed by atoms with E-state index in [2.05, 4.69) is 5.32 Å². The van der Waals surface area contributed by atoms with E-state index in [1.54, 1.807) is 30.1 Å². The van der Waals surface area contributed by atoms with Gasteiger partial charge in [-0.05, 0) is 31.7 Å². The molecule has 21 heavy (non-hydrogen) atoms. The molecule has 0 spiro atoms. The van der Waals surface area contributed by atoms with E-state index in [4.69, 9.17) is 17.3 Å². The Morgan fingerprint density at radius 3 is 2.81 bits per heavy atom. The number of nitrogens with zero attached hydrogens (tertiary/aromatic N) is 1. The first-order valence-electron chi connectivity index (χ1n) is 6.52. The highest BCUT2D eigenvalue weighted by atomic mass is 35.5. The van der Waals surface area contributed by atoms with E-state index < -0.39 is 9.84 Å². The predicted molar refractivity (Wildman–Crippen MR) is 84.2 cm³/mol. The van der Waals surface area contributed by atoms with Gasteiger partial charge < -0.3 is 11.1 Å². The van der Waals surface area contributed by atoms with E-state index in [1.165, 1.54) is 0 Å². The highest BCUT2D eigenvalue weighted by molar-refractivity contribution is 7.91. The molecule has 1 aromatic carbocycles. The quantitative estimate of drug-likeness (QED) is 0.802. The summed E-state index contributed by atoms with van der Waals surface area (Å²) in [5.41, 5.74) is 6.65. The standard InChI is InChI=1S/C13H18ClN3O3S/c1-17(10-4-5-21(19,20)8-10)7-13(18)16-12-3-2-9(14)6-11(12)15/h2-3,6,10H,4-5,7-8,15H2,1H3,(H,16,18). The Morgan fingerprint density at radius 1 is 1.52 bits per heavy atom. The number of benzene rings is 1. The Labute approximate surface area is 129 Å². The Bertz CT molecular complexity index is 648. The number of amides is 1.